The average Bonchev–Trinajstić information content (AvgIpc) is 1.65. The number of hydrogen-bond acceptors (Lipinski definition) is 10. The van der Waals surface area contributed by atoms with E-state index in [2.05, 4.69) is 362 Å². The fourth-order valence-electron chi connectivity index (χ4n) is 17.0. The van der Waals surface area contributed by atoms with Gasteiger partial charge in [-0.3, -0.25) is 9.48 Å². The van der Waals surface area contributed by atoms with Gasteiger partial charge in [0, 0.05) is 62.6 Å². The minimum atomic E-state index is 0.350. The maximum Gasteiger partial charge on any atom is 0.222 e. The number of allylic oxidation sites excluding steroid dienone is 2. The van der Waals surface area contributed by atoms with Gasteiger partial charge < -0.3 is 14.5 Å². The molecule has 5 heterocycles. The van der Waals surface area contributed by atoms with Gasteiger partial charge >= 0.3 is 0 Å². The molecule has 0 radical (unpaired) electrons. The standard InChI is InChI=1S/C15H22.C12H23NO.C12H21NS.C12H25N.C12H24O.2C12H24.C11H19NS.C10H19N3.C10H22S/c1-10(2)13-8-12-6-5-7-14(11(3)4)15(12)9-13;1-9(2)7-12(14)13-6-5-11(8-13)10(3)4;1-9(2)5-6-12-13-11(8-14-12)7-10(3)4;1-10(2)5-7-13-8-6-12(9-13)11(3)4;1-9(2)8-13-12-6-5-11(7-12)10(3)4;1-9(2)5-6-11-7-12(8-11)10(3)4;1-10(2)6-8-12(5)9-7-11(3)4;1-8(2)5-10-7-13-11(12-10)6-9(3)4;1-8(2)5-10-7-13(12-11-10)6-9(3)4;1-9(2)6-5-7-11-8-10(3)4/h5-7,10-11,13H,8-9H2,1-4H3;9-11H,5-8H2,1-4H3;8-10H,5-7H2,1-4H3;10-12H,5-9H2,1-4H3;9-12H,5-8H2,1-4H3;9-12H,5-8H2,1-4H3;8,10-11H,6-7,9H2,1-5H3;2*7-9H,5-6H2,1-4H3;9-10H,5-8H2,1-4H3/b;;;;;;12-8+;;;. The molecule has 0 bridgehead atoms. The van der Waals surface area contributed by atoms with Crippen molar-refractivity contribution in [3.8, 4) is 0 Å². The SMILES string of the molecule is C/C(=C\CC(C)C)CCC(C)C.CC(C)CC(=O)N1CCC(C(C)C)C1.CC(C)CCC1CC(C(C)C)C1.CC(C)CCCSCC(C)C.CC(C)CCN1CCC(C(C)C)C1.CC(C)CCc1nc(CC(C)C)cs1.CC(C)COC1CCC(C(C)C)C1.CC(C)Cc1cn(CC(C)C)nn1.CC(C)Cc1csc(CC(C)C)n1.CC(C)c1cccc2c1CC(C(C)C)C2. The first-order valence-corrected chi connectivity index (χ1v) is 57.4. The number of hydrogen-bond donors (Lipinski definition) is 0. The highest BCUT2D eigenvalue weighted by molar-refractivity contribution is 7.99. The summed E-state index contributed by atoms with van der Waals surface area (Å²) in [4.78, 5) is 25.7. The van der Waals surface area contributed by atoms with Gasteiger partial charge in [0.05, 0.1) is 33.2 Å². The molecule has 5 unspecified atom stereocenters. The summed E-state index contributed by atoms with van der Waals surface area (Å²) in [5, 5.41) is 15.2. The summed E-state index contributed by atoms with van der Waals surface area (Å²) >= 11 is 5.73. The number of likely N-dealkylation sites (tertiary alicyclic amines) is 2. The Labute approximate surface area is 824 Å². The number of rotatable bonds is 41. The second-order valence-corrected chi connectivity index (χ2v) is 51.8. The van der Waals surface area contributed by atoms with E-state index in [0.29, 0.717) is 59.9 Å². The van der Waals surface area contributed by atoms with E-state index < -0.39 is 0 Å². The van der Waals surface area contributed by atoms with Crippen LogP contribution in [0, 0.1) is 148 Å². The lowest BCUT2D eigenvalue weighted by atomic mass is 9.67. The number of thiazole rings is 2. The Bertz CT molecular complexity index is 3200. The molecule has 4 aromatic rings. The van der Waals surface area contributed by atoms with Crippen molar-refractivity contribution >= 4 is 40.3 Å². The fraction of sp³-hybridized carbons (Fsp3) is 0.856. The van der Waals surface area contributed by atoms with E-state index in [0.717, 1.165) is 176 Å². The molecule has 1 aromatic carbocycles. The summed E-state index contributed by atoms with van der Waals surface area (Å²) in [7, 11) is 0. The van der Waals surface area contributed by atoms with Crippen LogP contribution in [-0.2, 0) is 61.0 Å². The summed E-state index contributed by atoms with van der Waals surface area (Å²) in [6.45, 7) is 101. The third-order valence-electron chi connectivity index (χ3n) is 25.9. The van der Waals surface area contributed by atoms with Crippen LogP contribution in [0.4, 0.5) is 0 Å². The predicted octanol–water partition coefficient (Wildman–Crippen LogP) is 35.1. The number of ether oxygens (including phenoxy) is 1. The number of carbonyl (C=O) groups is 1. The van der Waals surface area contributed by atoms with Crippen LogP contribution >= 0.6 is 34.4 Å². The highest BCUT2D eigenvalue weighted by Gasteiger charge is 2.33. The van der Waals surface area contributed by atoms with Crippen molar-refractivity contribution in [1.29, 1.82) is 0 Å². The Morgan fingerprint density at radius 2 is 1.01 bits per heavy atom. The Kier molecular flexibility index (Phi) is 70.8. The van der Waals surface area contributed by atoms with Crippen molar-refractivity contribution in [1.82, 2.24) is 34.8 Å². The monoisotopic (exact) mass is 1870 g/mol. The highest BCUT2D eigenvalue weighted by Crippen LogP contribution is 2.42. The Balaban J connectivity index is 0.00000142. The average molecular weight is 1870 g/mol. The van der Waals surface area contributed by atoms with Crippen LogP contribution in [0.2, 0.25) is 0 Å². The normalized spacial score (nSPS) is 18.6. The van der Waals surface area contributed by atoms with Crippen LogP contribution in [0.3, 0.4) is 0 Å². The molecule has 2 saturated carbocycles. The third-order valence-corrected chi connectivity index (χ3v) is 29.2. The molecule has 9 rings (SSSR count). The first-order chi connectivity index (χ1) is 60.7. The molecule has 0 spiro atoms. The first kappa shape index (κ1) is 127. The van der Waals surface area contributed by atoms with Gasteiger partial charge in [-0.1, -0.05) is 331 Å². The molecule has 4 fully saturated rings. The molecule has 2 aliphatic heterocycles. The number of benzene rings is 1. The minimum absolute atomic E-state index is 0.350. The molecule has 12 heteroatoms. The molecular weight excluding hydrogens is 1640 g/mol. The summed E-state index contributed by atoms with van der Waals surface area (Å²) in [6, 6.07) is 6.87. The Morgan fingerprint density at radius 1 is 0.485 bits per heavy atom. The summed E-state index contributed by atoms with van der Waals surface area (Å²) < 4.78 is 7.78. The molecule has 760 valence electrons. The summed E-state index contributed by atoms with van der Waals surface area (Å²) in [5.74, 6) is 24.1. The lowest BCUT2D eigenvalue weighted by molar-refractivity contribution is -0.131. The van der Waals surface area contributed by atoms with Crippen LogP contribution < -0.4 is 0 Å². The zero-order valence-corrected chi connectivity index (χ0v) is 96.6. The molecule has 1 amide bonds. The van der Waals surface area contributed by atoms with Crippen molar-refractivity contribution < 1.29 is 9.53 Å². The second-order valence-electron chi connectivity index (χ2n) is 48.8. The Hall–Kier alpha value is -2.90. The van der Waals surface area contributed by atoms with Crippen LogP contribution in [0.15, 0.2) is 46.8 Å². The molecule has 2 saturated heterocycles. The van der Waals surface area contributed by atoms with Crippen LogP contribution in [0.1, 0.15) is 443 Å². The lowest BCUT2D eigenvalue weighted by Gasteiger charge is -2.38. The molecule has 5 atom stereocenters. The van der Waals surface area contributed by atoms with Crippen molar-refractivity contribution in [3.05, 3.63) is 90.6 Å². The molecule has 0 N–H and O–H groups in total. The quantitative estimate of drug-likeness (QED) is 0.0321. The van der Waals surface area contributed by atoms with Crippen LogP contribution in [-0.4, -0.2) is 97.6 Å². The molecule has 5 aliphatic rings. The van der Waals surface area contributed by atoms with E-state index >= 15 is 0 Å². The van der Waals surface area contributed by atoms with Gasteiger partial charge in [-0.05, 0) is 324 Å². The number of nitrogens with zero attached hydrogens (tertiary/aromatic N) is 7. The maximum absolute atomic E-state index is 11.7. The largest absolute Gasteiger partial charge is 0.378 e. The number of fused-ring (bicyclic) bond motifs is 1. The van der Waals surface area contributed by atoms with Crippen LogP contribution in [0.5, 0.6) is 0 Å². The van der Waals surface area contributed by atoms with Crippen molar-refractivity contribution in [2.24, 2.45) is 148 Å². The van der Waals surface area contributed by atoms with Crippen LogP contribution in [0.25, 0.3) is 0 Å². The fourth-order valence-corrected chi connectivity index (χ4v) is 19.8. The molecular formula is C118H223N7O2S3. The van der Waals surface area contributed by atoms with Crippen molar-refractivity contribution in [3.63, 3.8) is 0 Å². The second kappa shape index (κ2) is 72.4. The number of carbonyl (C=O) groups excluding carboxylic acids is 1. The van der Waals surface area contributed by atoms with E-state index in [-0.39, 0.29) is 0 Å². The smallest absolute Gasteiger partial charge is 0.222 e. The van der Waals surface area contributed by atoms with E-state index in [1.165, 1.54) is 168 Å². The first-order valence-electron chi connectivity index (χ1n) is 54.5. The van der Waals surface area contributed by atoms with E-state index in [1.807, 2.05) is 32.3 Å². The van der Waals surface area contributed by atoms with Gasteiger partial charge in [0.25, 0.3) is 0 Å². The number of aryl methyl sites for hydroxylation is 1. The minimum Gasteiger partial charge on any atom is -0.378 e. The highest BCUT2D eigenvalue weighted by atomic mass is 32.2. The van der Waals surface area contributed by atoms with Gasteiger partial charge in [-0.2, -0.15) is 11.8 Å². The van der Waals surface area contributed by atoms with E-state index in [9.17, 15) is 4.79 Å². The number of amides is 1. The topological polar surface area (TPSA) is 89.3 Å². The summed E-state index contributed by atoms with van der Waals surface area (Å²) in [6.07, 6.45) is 35.7. The van der Waals surface area contributed by atoms with Crippen molar-refractivity contribution in [2.45, 2.75) is 457 Å². The van der Waals surface area contributed by atoms with Gasteiger partial charge in [-0.25, -0.2) is 9.97 Å². The zero-order valence-electron chi connectivity index (χ0n) is 94.1. The predicted molar refractivity (Wildman–Crippen MR) is 586 cm³/mol. The zero-order chi connectivity index (χ0) is 99.0. The molecule has 130 heavy (non-hydrogen) atoms. The van der Waals surface area contributed by atoms with E-state index in [4.69, 9.17) is 4.74 Å². The maximum atomic E-state index is 11.7. The van der Waals surface area contributed by atoms with Gasteiger partial charge in [-0.15, -0.1) is 27.8 Å². The molecule has 3 aliphatic carbocycles. The van der Waals surface area contributed by atoms with Gasteiger partial charge in [0.1, 0.15) is 0 Å². The Morgan fingerprint density at radius 3 is 1.48 bits per heavy atom. The lowest BCUT2D eigenvalue weighted by Crippen LogP contribution is -2.30. The third kappa shape index (κ3) is 65.8. The number of thioether (sulfide) groups is 1. The molecule has 3 aromatic heterocycles. The van der Waals surface area contributed by atoms with Gasteiger partial charge in [0.15, 0.2) is 0 Å². The number of aromatic nitrogens is 5. The van der Waals surface area contributed by atoms with Gasteiger partial charge in [0.2, 0.25) is 5.91 Å². The van der Waals surface area contributed by atoms with E-state index in [1.54, 1.807) is 22.3 Å². The molecule has 9 nitrogen and oxygen atoms in total. The van der Waals surface area contributed by atoms with Crippen molar-refractivity contribution in [2.75, 3.05) is 50.8 Å². The summed E-state index contributed by atoms with van der Waals surface area (Å²) in [5.41, 5.74) is 10.1.